The Morgan fingerprint density at radius 2 is 1.74 bits per heavy atom. The molecule has 0 spiro atoms. The normalized spacial score (nSPS) is 11.0. The maximum Gasteiger partial charge on any atom is 0.268 e. The van der Waals surface area contributed by atoms with Crippen LogP contribution in [0.5, 0.6) is 0 Å². The fourth-order valence-electron chi connectivity index (χ4n) is 3.09. The van der Waals surface area contributed by atoms with Gasteiger partial charge in [-0.25, -0.2) is 4.39 Å². The Bertz CT molecular complexity index is 1080. The van der Waals surface area contributed by atoms with E-state index in [1.807, 2.05) is 17.6 Å². The van der Waals surface area contributed by atoms with Crippen molar-refractivity contribution in [3.8, 4) is 0 Å². The Balaban J connectivity index is 1.58. The fourth-order valence-corrected chi connectivity index (χ4v) is 3.09. The van der Waals surface area contributed by atoms with Crippen molar-refractivity contribution >= 4 is 17.0 Å². The maximum absolute atomic E-state index is 13.0. The maximum atomic E-state index is 13.0. The highest BCUT2D eigenvalue weighted by Crippen LogP contribution is 2.23. The number of hydrogen-bond acceptors (Lipinski definition) is 2. The second-order valence-corrected chi connectivity index (χ2v) is 6.58. The first-order chi connectivity index (χ1) is 13.1. The number of benzene rings is 2. The topological polar surface area (TPSA) is 47.2 Å². The van der Waals surface area contributed by atoms with E-state index in [1.165, 1.54) is 17.7 Å². The molecule has 0 aliphatic heterocycles. The molecule has 4 rings (SSSR count). The minimum atomic E-state index is -0.294. The quantitative estimate of drug-likeness (QED) is 0.561. The number of fused-ring (bicyclic) bond motifs is 1. The molecule has 0 atom stereocenters. The van der Waals surface area contributed by atoms with E-state index >= 15 is 0 Å². The largest absolute Gasteiger partial charge is 0.463 e. The highest BCUT2D eigenvalue weighted by Gasteiger charge is 2.17. The Morgan fingerprint density at radius 3 is 2.48 bits per heavy atom. The van der Waals surface area contributed by atoms with Crippen LogP contribution in [-0.4, -0.2) is 10.5 Å². The van der Waals surface area contributed by atoms with Gasteiger partial charge < -0.3 is 14.3 Å². The highest BCUT2D eigenvalue weighted by atomic mass is 19.1. The molecule has 2 aromatic carbocycles. The van der Waals surface area contributed by atoms with Crippen LogP contribution in [0.15, 0.2) is 71.3 Å². The van der Waals surface area contributed by atoms with E-state index in [-0.39, 0.29) is 11.7 Å². The average molecular weight is 362 g/mol. The third-order valence-electron chi connectivity index (χ3n) is 4.58. The predicted octanol–water partition coefficient (Wildman–Crippen LogP) is 4.66. The molecular weight excluding hydrogens is 343 g/mol. The molecule has 27 heavy (non-hydrogen) atoms. The molecular formula is C22H19FN2O2. The smallest absolute Gasteiger partial charge is 0.268 e. The van der Waals surface area contributed by atoms with Gasteiger partial charge in [-0.05, 0) is 30.2 Å². The van der Waals surface area contributed by atoms with Crippen molar-refractivity contribution in [1.29, 1.82) is 0 Å². The molecule has 1 N–H and O–H groups in total. The standard InChI is InChI=1S/C22H19FN2O2/c1-15-2-4-17(5-3-15)14-25-19-10-11-27-21(19)12-20(25)22(26)24-13-16-6-8-18(23)9-7-16/h2-12H,13-14H2,1H3,(H,24,26). The Labute approximate surface area is 156 Å². The van der Waals surface area contributed by atoms with E-state index in [9.17, 15) is 9.18 Å². The number of rotatable bonds is 5. The van der Waals surface area contributed by atoms with Gasteiger partial charge in [-0.2, -0.15) is 0 Å². The van der Waals surface area contributed by atoms with Gasteiger partial charge in [-0.3, -0.25) is 4.79 Å². The van der Waals surface area contributed by atoms with Crippen LogP contribution in [0.2, 0.25) is 0 Å². The van der Waals surface area contributed by atoms with Crippen LogP contribution in [0, 0.1) is 12.7 Å². The molecule has 0 aliphatic rings. The molecule has 1 amide bonds. The Kier molecular flexibility index (Phi) is 4.50. The van der Waals surface area contributed by atoms with Crippen LogP contribution < -0.4 is 5.32 Å². The summed E-state index contributed by atoms with van der Waals surface area (Å²) in [4.78, 5) is 12.8. The van der Waals surface area contributed by atoms with Gasteiger partial charge in [0.05, 0.1) is 11.8 Å². The van der Waals surface area contributed by atoms with Gasteiger partial charge in [0.15, 0.2) is 5.58 Å². The molecule has 0 saturated carbocycles. The summed E-state index contributed by atoms with van der Waals surface area (Å²) in [6, 6.07) is 17.9. The first-order valence-corrected chi connectivity index (χ1v) is 8.75. The molecule has 136 valence electrons. The first kappa shape index (κ1) is 17.1. The number of amides is 1. The number of nitrogens with zero attached hydrogens (tertiary/aromatic N) is 1. The molecule has 4 aromatic rings. The molecule has 0 aliphatic carbocycles. The summed E-state index contributed by atoms with van der Waals surface area (Å²) in [7, 11) is 0. The molecule has 0 bridgehead atoms. The van der Waals surface area contributed by atoms with Gasteiger partial charge in [0.25, 0.3) is 5.91 Å². The van der Waals surface area contributed by atoms with Gasteiger partial charge >= 0.3 is 0 Å². The number of hydrogen-bond donors (Lipinski definition) is 1. The van der Waals surface area contributed by atoms with Crippen molar-refractivity contribution in [1.82, 2.24) is 9.88 Å². The Hall–Kier alpha value is -3.34. The average Bonchev–Trinajstić information content (AvgIpc) is 3.25. The van der Waals surface area contributed by atoms with Crippen molar-refractivity contribution in [2.75, 3.05) is 0 Å². The van der Waals surface area contributed by atoms with Crippen LogP contribution in [-0.2, 0) is 13.1 Å². The number of halogens is 1. The first-order valence-electron chi connectivity index (χ1n) is 8.75. The summed E-state index contributed by atoms with van der Waals surface area (Å²) in [5, 5.41) is 2.90. The summed E-state index contributed by atoms with van der Waals surface area (Å²) >= 11 is 0. The lowest BCUT2D eigenvalue weighted by atomic mass is 10.1. The zero-order valence-electron chi connectivity index (χ0n) is 14.9. The van der Waals surface area contributed by atoms with Crippen LogP contribution in [0.1, 0.15) is 27.2 Å². The summed E-state index contributed by atoms with van der Waals surface area (Å²) in [6.07, 6.45) is 1.62. The zero-order valence-corrected chi connectivity index (χ0v) is 14.9. The highest BCUT2D eigenvalue weighted by molar-refractivity contribution is 5.97. The van der Waals surface area contributed by atoms with E-state index in [0.717, 1.165) is 16.6 Å². The number of nitrogens with one attached hydrogen (secondary N) is 1. The van der Waals surface area contributed by atoms with Crippen molar-refractivity contribution in [2.45, 2.75) is 20.0 Å². The van der Waals surface area contributed by atoms with Gasteiger partial charge in [-0.15, -0.1) is 0 Å². The SMILES string of the molecule is Cc1ccc(Cn2c(C(=O)NCc3ccc(F)cc3)cc3occc32)cc1. The molecule has 4 nitrogen and oxygen atoms in total. The van der Waals surface area contributed by atoms with Crippen LogP contribution in [0.25, 0.3) is 11.1 Å². The summed E-state index contributed by atoms with van der Waals surface area (Å²) in [5.41, 5.74) is 5.22. The van der Waals surface area contributed by atoms with Gasteiger partial charge in [0.1, 0.15) is 11.5 Å². The van der Waals surface area contributed by atoms with E-state index in [2.05, 4.69) is 29.6 Å². The molecule has 0 fully saturated rings. The minimum absolute atomic E-state index is 0.196. The van der Waals surface area contributed by atoms with Crippen LogP contribution in [0.3, 0.4) is 0 Å². The van der Waals surface area contributed by atoms with E-state index < -0.39 is 0 Å². The molecule has 0 radical (unpaired) electrons. The molecule has 0 saturated heterocycles. The lowest BCUT2D eigenvalue weighted by molar-refractivity contribution is 0.0942. The van der Waals surface area contributed by atoms with E-state index in [1.54, 1.807) is 24.5 Å². The monoisotopic (exact) mass is 362 g/mol. The van der Waals surface area contributed by atoms with E-state index in [4.69, 9.17) is 4.42 Å². The van der Waals surface area contributed by atoms with Crippen molar-refractivity contribution in [3.05, 3.63) is 95.1 Å². The van der Waals surface area contributed by atoms with Gasteiger partial charge in [0.2, 0.25) is 0 Å². The number of carbonyl (C=O) groups is 1. The lowest BCUT2D eigenvalue weighted by Crippen LogP contribution is -2.25. The van der Waals surface area contributed by atoms with Crippen molar-refractivity contribution in [2.24, 2.45) is 0 Å². The zero-order chi connectivity index (χ0) is 18.8. The minimum Gasteiger partial charge on any atom is -0.463 e. The summed E-state index contributed by atoms with van der Waals surface area (Å²) in [5.74, 6) is -0.491. The molecule has 0 unspecified atom stereocenters. The second-order valence-electron chi connectivity index (χ2n) is 6.58. The third-order valence-corrected chi connectivity index (χ3v) is 4.58. The number of aromatic nitrogens is 1. The fraction of sp³-hybridized carbons (Fsp3) is 0.136. The molecule has 2 aromatic heterocycles. The lowest BCUT2D eigenvalue weighted by Gasteiger charge is -2.11. The molecule has 5 heteroatoms. The van der Waals surface area contributed by atoms with Crippen LogP contribution >= 0.6 is 0 Å². The number of aryl methyl sites for hydroxylation is 1. The second kappa shape index (κ2) is 7.11. The van der Waals surface area contributed by atoms with Crippen LogP contribution in [0.4, 0.5) is 4.39 Å². The van der Waals surface area contributed by atoms with E-state index in [0.29, 0.717) is 24.4 Å². The number of furan rings is 1. The van der Waals surface area contributed by atoms with Gasteiger partial charge in [-0.1, -0.05) is 42.0 Å². The molecule has 2 heterocycles. The third kappa shape index (κ3) is 3.62. The predicted molar refractivity (Wildman–Crippen MR) is 102 cm³/mol. The summed E-state index contributed by atoms with van der Waals surface area (Å²) in [6.45, 7) is 2.95. The Morgan fingerprint density at radius 1 is 1.04 bits per heavy atom. The van der Waals surface area contributed by atoms with Crippen molar-refractivity contribution < 1.29 is 13.6 Å². The number of carbonyl (C=O) groups excluding carboxylic acids is 1. The van der Waals surface area contributed by atoms with Gasteiger partial charge in [0, 0.05) is 25.2 Å². The van der Waals surface area contributed by atoms with Crippen molar-refractivity contribution in [3.63, 3.8) is 0 Å². The summed E-state index contributed by atoms with van der Waals surface area (Å²) < 4.78 is 20.4.